The molecule has 3 aromatic rings. The van der Waals surface area contributed by atoms with Gasteiger partial charge in [-0.1, -0.05) is 51.0 Å². The topological polar surface area (TPSA) is 140 Å². The Morgan fingerprint density at radius 3 is 2.57 bits per heavy atom. The van der Waals surface area contributed by atoms with Gasteiger partial charge >= 0.3 is 5.97 Å². The van der Waals surface area contributed by atoms with Crippen molar-refractivity contribution < 1.29 is 32.5 Å². The normalized spacial score (nSPS) is 16.8. The number of hydrogen-bond acceptors (Lipinski definition) is 9. The lowest BCUT2D eigenvalue weighted by Crippen LogP contribution is -2.39. The van der Waals surface area contributed by atoms with Crippen molar-refractivity contribution in [1.29, 1.82) is 0 Å². The van der Waals surface area contributed by atoms with Crippen molar-refractivity contribution in [2.75, 3.05) is 32.2 Å². The molecule has 12 heteroatoms. The third-order valence-electron chi connectivity index (χ3n) is 8.83. The van der Waals surface area contributed by atoms with Gasteiger partial charge < -0.3 is 30.4 Å². The average Bonchev–Trinajstić information content (AvgIpc) is 3.17. The van der Waals surface area contributed by atoms with E-state index in [0.717, 1.165) is 28.5 Å². The highest BCUT2D eigenvalue weighted by atomic mass is 32.2. The Kier molecular flexibility index (Phi) is 12.5. The van der Waals surface area contributed by atoms with Crippen LogP contribution in [0.1, 0.15) is 63.0 Å². The molecular formula is C37H50N3O7PS. The van der Waals surface area contributed by atoms with E-state index in [1.807, 2.05) is 50.0 Å². The predicted octanol–water partition coefficient (Wildman–Crippen LogP) is 6.09. The van der Waals surface area contributed by atoms with Gasteiger partial charge in [0.15, 0.2) is 0 Å². The lowest BCUT2D eigenvalue weighted by Gasteiger charge is -2.33. The van der Waals surface area contributed by atoms with Gasteiger partial charge in [-0.25, -0.2) is 8.42 Å². The lowest BCUT2D eigenvalue weighted by atomic mass is 9.81. The Morgan fingerprint density at radius 2 is 1.86 bits per heavy atom. The van der Waals surface area contributed by atoms with Crippen molar-refractivity contribution in [1.82, 2.24) is 4.31 Å². The van der Waals surface area contributed by atoms with Crippen LogP contribution in [0.15, 0.2) is 83.1 Å². The monoisotopic (exact) mass is 711 g/mol. The number of para-hydroxylation sites is 1. The highest BCUT2D eigenvalue weighted by molar-refractivity contribution is 7.89. The number of anilines is 1. The first-order valence-electron chi connectivity index (χ1n) is 16.3. The summed E-state index contributed by atoms with van der Waals surface area (Å²) in [6, 6.07) is 20.3. The molecule has 0 fully saturated rings. The Bertz CT molecular complexity index is 1750. The number of nitrogens with zero attached hydrogens (tertiary/aromatic N) is 1. The number of sulfonamides is 1. The van der Waals surface area contributed by atoms with Crippen LogP contribution in [0.5, 0.6) is 5.75 Å². The standard InChI is InChI=1S/C37H50N3O7PS/c1-25-15-16-28(20-29(25)21-40-17-18-46-32-13-8-9-14-33(32)49(40,43)44)34(36(3,4)35(41)45-7)47-22-30(38)24-48-23-27-11-10-12-31(19-27)39-26(2)37(5,6)42/h8-16,19-20,24,26,34,39,42,48H,17-18,21-23,38H2,1-7H3/b30-24-. The van der Waals surface area contributed by atoms with E-state index in [0.29, 0.717) is 25.6 Å². The largest absolute Gasteiger partial charge is 0.491 e. The van der Waals surface area contributed by atoms with Crippen LogP contribution in [0, 0.1) is 12.3 Å². The molecular weight excluding hydrogens is 661 g/mol. The van der Waals surface area contributed by atoms with E-state index in [2.05, 4.69) is 17.4 Å². The molecule has 49 heavy (non-hydrogen) atoms. The number of hydrogen-bond donors (Lipinski definition) is 3. The molecule has 0 amide bonds. The van der Waals surface area contributed by atoms with Gasteiger partial charge in [-0.3, -0.25) is 4.79 Å². The third-order valence-corrected chi connectivity index (χ3v) is 11.9. The number of ether oxygens (including phenoxy) is 3. The quantitative estimate of drug-likeness (QED) is 0.134. The van der Waals surface area contributed by atoms with Crippen molar-refractivity contribution in [2.45, 2.75) is 76.9 Å². The summed E-state index contributed by atoms with van der Waals surface area (Å²) in [6.45, 7) is 11.6. The number of methoxy groups -OCH3 is 1. The second-order valence-electron chi connectivity index (χ2n) is 13.5. The first kappa shape index (κ1) is 38.3. The summed E-state index contributed by atoms with van der Waals surface area (Å²) in [5, 5.41) is 13.6. The fourth-order valence-electron chi connectivity index (χ4n) is 5.49. The first-order chi connectivity index (χ1) is 23.0. The number of carbonyl (C=O) groups is 1. The van der Waals surface area contributed by atoms with Crippen molar-refractivity contribution in [3.8, 4) is 5.75 Å². The first-order valence-corrected chi connectivity index (χ1v) is 19.0. The fourth-order valence-corrected chi connectivity index (χ4v) is 7.93. The summed E-state index contributed by atoms with van der Waals surface area (Å²) in [7, 11) is -2.07. The minimum Gasteiger partial charge on any atom is -0.491 e. The van der Waals surface area contributed by atoms with E-state index >= 15 is 0 Å². The van der Waals surface area contributed by atoms with Gasteiger partial charge in [0.25, 0.3) is 0 Å². The number of benzene rings is 3. The molecule has 0 bridgehead atoms. The number of aryl methyl sites for hydroxylation is 1. The maximum Gasteiger partial charge on any atom is 0.314 e. The van der Waals surface area contributed by atoms with Gasteiger partial charge in [0, 0.05) is 24.5 Å². The smallest absolute Gasteiger partial charge is 0.314 e. The van der Waals surface area contributed by atoms with Crippen LogP contribution in [0.3, 0.4) is 0 Å². The van der Waals surface area contributed by atoms with Gasteiger partial charge in [0.05, 0.1) is 36.9 Å². The molecule has 0 aliphatic carbocycles. The molecule has 4 N–H and O–H groups in total. The number of esters is 1. The van der Waals surface area contributed by atoms with Crippen LogP contribution in [0.2, 0.25) is 0 Å². The molecule has 0 saturated heterocycles. The molecule has 3 aromatic carbocycles. The van der Waals surface area contributed by atoms with Crippen LogP contribution in [-0.2, 0) is 37.0 Å². The van der Waals surface area contributed by atoms with E-state index < -0.39 is 33.1 Å². The molecule has 0 aromatic heterocycles. The van der Waals surface area contributed by atoms with Crippen LogP contribution < -0.4 is 15.8 Å². The number of carbonyl (C=O) groups excluding carboxylic acids is 1. The van der Waals surface area contributed by atoms with Crippen molar-refractivity contribution in [2.24, 2.45) is 11.1 Å². The van der Waals surface area contributed by atoms with Crippen LogP contribution in [-0.4, -0.2) is 62.3 Å². The SMILES string of the molecule is COC(=O)C(C)(C)C(OC/C(N)=C/PCc1cccc(NC(C)C(C)(C)O)c1)c1ccc(C)c(CN2CCOc3ccccc3S2(=O)=O)c1. The molecule has 0 radical (unpaired) electrons. The summed E-state index contributed by atoms with van der Waals surface area (Å²) in [4.78, 5) is 13.2. The van der Waals surface area contributed by atoms with Crippen LogP contribution in [0.4, 0.5) is 5.69 Å². The maximum atomic E-state index is 13.6. The molecule has 0 saturated carbocycles. The number of nitrogens with one attached hydrogen (secondary N) is 1. The second kappa shape index (κ2) is 16.0. The molecule has 266 valence electrons. The van der Waals surface area contributed by atoms with E-state index in [1.54, 1.807) is 52.0 Å². The molecule has 1 heterocycles. The van der Waals surface area contributed by atoms with Crippen molar-refractivity contribution in [3.63, 3.8) is 0 Å². The average molecular weight is 712 g/mol. The van der Waals surface area contributed by atoms with Crippen LogP contribution in [0.25, 0.3) is 0 Å². The minimum atomic E-state index is -3.81. The molecule has 0 spiro atoms. The van der Waals surface area contributed by atoms with Crippen molar-refractivity contribution in [3.05, 3.63) is 100 Å². The Morgan fingerprint density at radius 1 is 1.12 bits per heavy atom. The van der Waals surface area contributed by atoms with E-state index in [-0.39, 0.29) is 37.2 Å². The zero-order chi connectivity index (χ0) is 36.0. The summed E-state index contributed by atoms with van der Waals surface area (Å²) in [6.07, 6.45) is 0.0420. The zero-order valence-corrected chi connectivity index (χ0v) is 31.3. The van der Waals surface area contributed by atoms with Gasteiger partial charge in [-0.15, -0.1) is 0 Å². The molecule has 4 rings (SSSR count). The predicted molar refractivity (Wildman–Crippen MR) is 195 cm³/mol. The number of fused-ring (bicyclic) bond motifs is 1. The Hall–Kier alpha value is -3.47. The van der Waals surface area contributed by atoms with Crippen molar-refractivity contribution >= 4 is 30.3 Å². The lowest BCUT2D eigenvalue weighted by molar-refractivity contribution is -0.160. The van der Waals surface area contributed by atoms with E-state index in [4.69, 9.17) is 19.9 Å². The Labute approximate surface area is 292 Å². The third kappa shape index (κ3) is 9.61. The summed E-state index contributed by atoms with van der Waals surface area (Å²) in [5.41, 5.74) is 9.49. The summed E-state index contributed by atoms with van der Waals surface area (Å²) < 4.78 is 46.0. The van der Waals surface area contributed by atoms with E-state index in [9.17, 15) is 18.3 Å². The van der Waals surface area contributed by atoms with E-state index in [1.165, 1.54) is 11.4 Å². The number of rotatable bonds is 14. The number of nitrogens with two attached hydrogens (primary N) is 1. The summed E-state index contributed by atoms with van der Waals surface area (Å²) >= 11 is 0. The molecule has 3 unspecified atom stereocenters. The maximum absolute atomic E-state index is 13.6. The van der Waals surface area contributed by atoms with Gasteiger partial charge in [-0.2, -0.15) is 4.31 Å². The highest BCUT2D eigenvalue weighted by Gasteiger charge is 2.40. The van der Waals surface area contributed by atoms with Gasteiger partial charge in [0.2, 0.25) is 10.0 Å². The second-order valence-corrected chi connectivity index (χ2v) is 16.5. The van der Waals surface area contributed by atoms with Crippen LogP contribution >= 0.6 is 8.58 Å². The molecule has 1 aliphatic rings. The molecule has 10 nitrogen and oxygen atoms in total. The fraction of sp³-hybridized carbons (Fsp3) is 0.432. The zero-order valence-electron chi connectivity index (χ0n) is 29.4. The Balaban J connectivity index is 1.50. The molecule has 1 aliphatic heterocycles. The number of aliphatic hydroxyl groups is 1. The van der Waals surface area contributed by atoms with Gasteiger partial charge in [-0.05, 0) is 100 Å². The summed E-state index contributed by atoms with van der Waals surface area (Å²) in [5.74, 6) is 1.85. The minimum absolute atomic E-state index is 0.0839. The van der Waals surface area contributed by atoms with Gasteiger partial charge in [0.1, 0.15) is 17.3 Å². The molecule has 3 atom stereocenters. The highest BCUT2D eigenvalue weighted by Crippen LogP contribution is 2.39.